The highest BCUT2D eigenvalue weighted by Gasteiger charge is 2.16. The van der Waals surface area contributed by atoms with Crippen molar-refractivity contribution in [3.05, 3.63) is 52.9 Å². The first-order valence-electron chi connectivity index (χ1n) is 6.76. The number of carbonyl (C=O) groups excluding carboxylic acids is 1. The van der Waals surface area contributed by atoms with E-state index in [0.29, 0.717) is 11.5 Å². The highest BCUT2D eigenvalue weighted by atomic mass is 35.5. The molecule has 1 amide bonds. The number of anilines is 2. The van der Waals surface area contributed by atoms with Crippen LogP contribution in [0.1, 0.15) is 31.1 Å². The van der Waals surface area contributed by atoms with E-state index in [0.717, 1.165) is 0 Å². The van der Waals surface area contributed by atoms with Crippen LogP contribution in [-0.4, -0.2) is 16.4 Å². The Morgan fingerprint density at radius 2 is 1.95 bits per heavy atom. The molecule has 0 spiro atoms. The Bertz CT molecular complexity index is 661. The van der Waals surface area contributed by atoms with Gasteiger partial charge in [-0.1, -0.05) is 17.7 Å². The number of rotatable bonds is 3. The number of carbonyl (C=O) groups is 1. The molecule has 0 radical (unpaired) electrons. The number of hydrogen-bond donors (Lipinski definition) is 2. The molecular formula is C16H17ClFN3O. The summed E-state index contributed by atoms with van der Waals surface area (Å²) in [6, 6.07) is 7.53. The molecule has 116 valence electrons. The molecule has 2 aromatic rings. The third-order valence-corrected chi connectivity index (χ3v) is 3.03. The number of benzene rings is 1. The van der Waals surface area contributed by atoms with E-state index in [9.17, 15) is 9.18 Å². The lowest BCUT2D eigenvalue weighted by molar-refractivity contribution is 0.102. The number of amides is 1. The predicted octanol–water partition coefficient (Wildman–Crippen LogP) is 4.34. The molecule has 0 aliphatic rings. The second-order valence-electron chi connectivity index (χ2n) is 5.86. The summed E-state index contributed by atoms with van der Waals surface area (Å²) in [4.78, 5) is 16.3. The van der Waals surface area contributed by atoms with E-state index < -0.39 is 11.7 Å². The smallest absolute Gasteiger partial charge is 0.260 e. The molecule has 0 aliphatic heterocycles. The largest absolute Gasteiger partial charge is 0.365 e. The maximum Gasteiger partial charge on any atom is 0.260 e. The molecule has 4 nitrogen and oxygen atoms in total. The Labute approximate surface area is 133 Å². The van der Waals surface area contributed by atoms with Crippen LogP contribution in [0.25, 0.3) is 0 Å². The fraction of sp³-hybridized carbons (Fsp3) is 0.250. The molecule has 22 heavy (non-hydrogen) atoms. The highest BCUT2D eigenvalue weighted by molar-refractivity contribution is 6.34. The first-order valence-corrected chi connectivity index (χ1v) is 7.14. The Kier molecular flexibility index (Phi) is 4.66. The monoisotopic (exact) mass is 321 g/mol. The lowest BCUT2D eigenvalue weighted by Crippen LogP contribution is -2.26. The van der Waals surface area contributed by atoms with Gasteiger partial charge in [-0.2, -0.15) is 0 Å². The van der Waals surface area contributed by atoms with Crippen LogP contribution in [-0.2, 0) is 0 Å². The third kappa shape index (κ3) is 4.18. The first-order chi connectivity index (χ1) is 10.3. The molecule has 2 rings (SSSR count). The molecule has 1 heterocycles. The van der Waals surface area contributed by atoms with Crippen LogP contribution in [0.5, 0.6) is 0 Å². The van der Waals surface area contributed by atoms with Gasteiger partial charge in [0.15, 0.2) is 0 Å². The van der Waals surface area contributed by atoms with Gasteiger partial charge in [0.2, 0.25) is 0 Å². The van der Waals surface area contributed by atoms with Crippen LogP contribution in [0.4, 0.5) is 15.9 Å². The van der Waals surface area contributed by atoms with E-state index in [1.165, 1.54) is 24.4 Å². The van der Waals surface area contributed by atoms with Gasteiger partial charge in [-0.15, -0.1) is 0 Å². The maximum absolute atomic E-state index is 13.7. The summed E-state index contributed by atoms with van der Waals surface area (Å²) < 4.78 is 13.7. The van der Waals surface area contributed by atoms with Crippen molar-refractivity contribution in [2.24, 2.45) is 0 Å². The van der Waals surface area contributed by atoms with Crippen molar-refractivity contribution in [1.82, 2.24) is 4.98 Å². The lowest BCUT2D eigenvalue weighted by Gasteiger charge is -2.21. The lowest BCUT2D eigenvalue weighted by atomic mass is 10.1. The number of hydrogen-bond acceptors (Lipinski definition) is 3. The highest BCUT2D eigenvalue weighted by Crippen LogP contribution is 2.21. The molecule has 1 aromatic heterocycles. The van der Waals surface area contributed by atoms with Gasteiger partial charge in [0.05, 0.1) is 22.5 Å². The van der Waals surface area contributed by atoms with Crippen LogP contribution in [0.15, 0.2) is 36.5 Å². The maximum atomic E-state index is 13.7. The topological polar surface area (TPSA) is 54.0 Å². The zero-order valence-electron chi connectivity index (χ0n) is 12.6. The van der Waals surface area contributed by atoms with Crippen molar-refractivity contribution in [2.45, 2.75) is 26.3 Å². The molecule has 0 saturated heterocycles. The quantitative estimate of drug-likeness (QED) is 0.884. The van der Waals surface area contributed by atoms with Gasteiger partial charge >= 0.3 is 0 Å². The Morgan fingerprint density at radius 1 is 1.23 bits per heavy atom. The first kappa shape index (κ1) is 16.2. The van der Waals surface area contributed by atoms with Crippen molar-refractivity contribution < 1.29 is 9.18 Å². The van der Waals surface area contributed by atoms with Gasteiger partial charge in [0, 0.05) is 5.54 Å². The summed E-state index contributed by atoms with van der Waals surface area (Å²) in [7, 11) is 0. The number of halogens is 2. The Morgan fingerprint density at radius 3 is 2.50 bits per heavy atom. The zero-order chi connectivity index (χ0) is 16.3. The summed E-state index contributed by atoms with van der Waals surface area (Å²) in [5, 5.41) is 5.85. The zero-order valence-corrected chi connectivity index (χ0v) is 13.3. The van der Waals surface area contributed by atoms with Crippen molar-refractivity contribution >= 4 is 29.0 Å². The average molecular weight is 322 g/mol. The Hall–Kier alpha value is -2.14. The summed E-state index contributed by atoms with van der Waals surface area (Å²) in [5.41, 5.74) is 0.170. The van der Waals surface area contributed by atoms with Gasteiger partial charge in [0.1, 0.15) is 11.6 Å². The third-order valence-electron chi connectivity index (χ3n) is 2.71. The molecular weight excluding hydrogens is 305 g/mol. The summed E-state index contributed by atoms with van der Waals surface area (Å²) in [6.45, 7) is 6.06. The summed E-state index contributed by atoms with van der Waals surface area (Å²) in [6.07, 6.45) is 1.50. The molecule has 6 heteroatoms. The molecule has 0 aliphatic carbocycles. The summed E-state index contributed by atoms with van der Waals surface area (Å²) in [5.74, 6) is -0.583. The van der Waals surface area contributed by atoms with E-state index in [4.69, 9.17) is 11.6 Å². The standard InChI is InChI=1S/C16H17ClFN3O/c1-16(2,3)21-13-8-7-10(9-19-13)20-15(22)14-11(17)5-4-6-12(14)18/h4-9H,1-3H3,(H,19,21)(H,20,22). The molecule has 0 fully saturated rings. The fourth-order valence-electron chi connectivity index (χ4n) is 1.83. The van der Waals surface area contributed by atoms with E-state index >= 15 is 0 Å². The average Bonchev–Trinajstić information content (AvgIpc) is 2.39. The molecule has 1 aromatic carbocycles. The minimum atomic E-state index is -0.663. The van der Waals surface area contributed by atoms with Crippen molar-refractivity contribution in [2.75, 3.05) is 10.6 Å². The van der Waals surface area contributed by atoms with Crippen molar-refractivity contribution in [3.63, 3.8) is 0 Å². The number of nitrogens with one attached hydrogen (secondary N) is 2. The van der Waals surface area contributed by atoms with Gasteiger partial charge in [-0.05, 0) is 45.0 Å². The normalized spacial score (nSPS) is 11.1. The molecule has 2 N–H and O–H groups in total. The molecule has 0 atom stereocenters. The number of pyridine rings is 1. The van der Waals surface area contributed by atoms with Gasteiger partial charge in [-0.3, -0.25) is 4.79 Å². The van der Waals surface area contributed by atoms with Crippen LogP contribution in [0.3, 0.4) is 0 Å². The molecule has 0 unspecified atom stereocenters. The van der Waals surface area contributed by atoms with Crippen LogP contribution < -0.4 is 10.6 Å². The van der Waals surface area contributed by atoms with Crippen LogP contribution in [0.2, 0.25) is 5.02 Å². The minimum Gasteiger partial charge on any atom is -0.365 e. The second-order valence-corrected chi connectivity index (χ2v) is 6.27. The van der Waals surface area contributed by atoms with Crippen LogP contribution in [0, 0.1) is 5.82 Å². The molecule has 0 bridgehead atoms. The molecule has 0 saturated carbocycles. The fourth-order valence-corrected chi connectivity index (χ4v) is 2.08. The number of nitrogens with zero attached hydrogens (tertiary/aromatic N) is 1. The van der Waals surface area contributed by atoms with Crippen LogP contribution >= 0.6 is 11.6 Å². The SMILES string of the molecule is CC(C)(C)Nc1ccc(NC(=O)c2c(F)cccc2Cl)cn1. The van der Waals surface area contributed by atoms with E-state index in [1.807, 2.05) is 20.8 Å². The summed E-state index contributed by atoms with van der Waals surface area (Å²) >= 11 is 5.86. The number of aromatic nitrogens is 1. The predicted molar refractivity (Wildman–Crippen MR) is 87.0 cm³/mol. The van der Waals surface area contributed by atoms with E-state index in [2.05, 4.69) is 15.6 Å². The van der Waals surface area contributed by atoms with Gasteiger partial charge < -0.3 is 10.6 Å². The van der Waals surface area contributed by atoms with E-state index in [1.54, 1.807) is 12.1 Å². The second kappa shape index (κ2) is 6.32. The van der Waals surface area contributed by atoms with Crippen molar-refractivity contribution in [3.8, 4) is 0 Å². The van der Waals surface area contributed by atoms with Crippen molar-refractivity contribution in [1.29, 1.82) is 0 Å². The van der Waals surface area contributed by atoms with Gasteiger partial charge in [-0.25, -0.2) is 9.37 Å². The van der Waals surface area contributed by atoms with E-state index in [-0.39, 0.29) is 16.1 Å². The Balaban J connectivity index is 2.12. The minimum absolute atomic E-state index is 0.0662. The van der Waals surface area contributed by atoms with Gasteiger partial charge in [0.25, 0.3) is 5.91 Å².